The standard InChI is InChI=1S/C20H21N5O4/c1-12(26)10-24-7-6-18(23-24)25-11-16-14(20(25)27)4-5-15(22-16)13-8-17(28-2)19(29-3)21-9-13/h4-9,11-12,26-27H,10H2,1-3H3/t12-/m1/s1. The van der Waals surface area contributed by atoms with Crippen molar-refractivity contribution in [3.05, 3.63) is 42.9 Å². The fourth-order valence-electron chi connectivity index (χ4n) is 3.13. The summed E-state index contributed by atoms with van der Waals surface area (Å²) in [5, 5.41) is 25.1. The zero-order valence-electron chi connectivity index (χ0n) is 16.3. The third kappa shape index (κ3) is 3.47. The second-order valence-corrected chi connectivity index (χ2v) is 6.63. The Labute approximate surface area is 166 Å². The number of nitrogens with zero attached hydrogens (tertiary/aromatic N) is 5. The zero-order valence-corrected chi connectivity index (χ0v) is 16.3. The molecule has 0 aliphatic carbocycles. The minimum atomic E-state index is -0.514. The molecule has 0 unspecified atom stereocenters. The van der Waals surface area contributed by atoms with Crippen LogP contribution in [0.2, 0.25) is 0 Å². The number of fused-ring (bicyclic) bond motifs is 1. The molecule has 0 aliphatic heterocycles. The first kappa shape index (κ1) is 18.8. The van der Waals surface area contributed by atoms with Gasteiger partial charge in [-0.25, -0.2) is 9.97 Å². The van der Waals surface area contributed by atoms with Crippen LogP contribution < -0.4 is 9.47 Å². The van der Waals surface area contributed by atoms with Gasteiger partial charge >= 0.3 is 0 Å². The Balaban J connectivity index is 1.73. The molecule has 4 aromatic heterocycles. The number of hydrogen-bond donors (Lipinski definition) is 2. The van der Waals surface area contributed by atoms with Crippen molar-refractivity contribution in [2.75, 3.05) is 14.2 Å². The Bertz CT molecular complexity index is 1170. The van der Waals surface area contributed by atoms with Crippen LogP contribution in [0.5, 0.6) is 17.5 Å². The summed E-state index contributed by atoms with van der Waals surface area (Å²) in [6, 6.07) is 7.17. The minimum Gasteiger partial charge on any atom is -0.494 e. The van der Waals surface area contributed by atoms with Crippen molar-refractivity contribution >= 4 is 10.9 Å². The van der Waals surface area contributed by atoms with Crippen molar-refractivity contribution in [3.63, 3.8) is 0 Å². The van der Waals surface area contributed by atoms with Gasteiger partial charge in [0, 0.05) is 30.2 Å². The molecule has 4 aromatic rings. The fourth-order valence-corrected chi connectivity index (χ4v) is 3.13. The van der Waals surface area contributed by atoms with Gasteiger partial charge in [-0.05, 0) is 25.1 Å². The van der Waals surface area contributed by atoms with Crippen molar-refractivity contribution in [1.29, 1.82) is 0 Å². The maximum Gasteiger partial charge on any atom is 0.256 e. The molecule has 0 aromatic carbocycles. The summed E-state index contributed by atoms with van der Waals surface area (Å²) in [5.41, 5.74) is 2.06. The molecule has 2 N–H and O–H groups in total. The van der Waals surface area contributed by atoms with Crippen LogP contribution in [-0.2, 0) is 6.54 Å². The highest BCUT2D eigenvalue weighted by molar-refractivity contribution is 5.87. The minimum absolute atomic E-state index is 0.0479. The molecule has 0 saturated heterocycles. The molecule has 0 bridgehead atoms. The Morgan fingerprint density at radius 3 is 2.72 bits per heavy atom. The van der Waals surface area contributed by atoms with E-state index in [9.17, 15) is 10.2 Å². The summed E-state index contributed by atoms with van der Waals surface area (Å²) in [7, 11) is 3.08. The van der Waals surface area contributed by atoms with Crippen LogP contribution in [0.25, 0.3) is 28.0 Å². The lowest BCUT2D eigenvalue weighted by molar-refractivity contribution is 0.168. The molecule has 0 spiro atoms. The number of rotatable bonds is 6. The molecule has 9 heteroatoms. The van der Waals surface area contributed by atoms with Crippen molar-refractivity contribution < 1.29 is 19.7 Å². The monoisotopic (exact) mass is 395 g/mol. The van der Waals surface area contributed by atoms with Crippen molar-refractivity contribution in [3.8, 4) is 34.6 Å². The molecule has 1 atom stereocenters. The number of aliphatic hydroxyl groups is 1. The van der Waals surface area contributed by atoms with E-state index in [0.29, 0.717) is 40.6 Å². The second-order valence-electron chi connectivity index (χ2n) is 6.63. The number of aliphatic hydroxyl groups excluding tert-OH is 1. The predicted molar refractivity (Wildman–Crippen MR) is 107 cm³/mol. The van der Waals surface area contributed by atoms with Crippen molar-refractivity contribution in [1.82, 2.24) is 24.3 Å². The highest BCUT2D eigenvalue weighted by atomic mass is 16.5. The van der Waals surface area contributed by atoms with E-state index in [0.717, 1.165) is 5.56 Å². The number of hydrogen-bond acceptors (Lipinski definition) is 7. The first-order valence-electron chi connectivity index (χ1n) is 9.01. The normalized spacial score (nSPS) is 12.3. The van der Waals surface area contributed by atoms with E-state index in [1.165, 1.54) is 7.11 Å². The fraction of sp³-hybridized carbons (Fsp3) is 0.250. The number of aromatic nitrogens is 5. The van der Waals surface area contributed by atoms with E-state index in [4.69, 9.17) is 9.47 Å². The number of pyridine rings is 2. The average molecular weight is 395 g/mol. The highest BCUT2D eigenvalue weighted by Crippen LogP contribution is 2.33. The lowest BCUT2D eigenvalue weighted by Crippen LogP contribution is -2.12. The molecule has 0 radical (unpaired) electrons. The van der Waals surface area contributed by atoms with Gasteiger partial charge in [0.1, 0.15) is 0 Å². The van der Waals surface area contributed by atoms with Gasteiger partial charge in [0.25, 0.3) is 5.88 Å². The largest absolute Gasteiger partial charge is 0.494 e. The zero-order chi connectivity index (χ0) is 20.5. The summed E-state index contributed by atoms with van der Waals surface area (Å²) in [6.07, 6.45) is 4.61. The maximum atomic E-state index is 10.6. The van der Waals surface area contributed by atoms with Gasteiger partial charge in [0.15, 0.2) is 11.6 Å². The summed E-state index contributed by atoms with van der Waals surface area (Å²) in [4.78, 5) is 8.89. The van der Waals surface area contributed by atoms with Crippen LogP contribution in [0.4, 0.5) is 0 Å². The topological polar surface area (TPSA) is 107 Å². The molecule has 0 amide bonds. The Hall–Kier alpha value is -3.59. The van der Waals surface area contributed by atoms with Gasteiger partial charge < -0.3 is 19.7 Å². The third-order valence-corrected chi connectivity index (χ3v) is 4.50. The van der Waals surface area contributed by atoms with E-state index < -0.39 is 6.10 Å². The third-order valence-electron chi connectivity index (χ3n) is 4.50. The van der Waals surface area contributed by atoms with Crippen LogP contribution in [0, 0.1) is 0 Å². The van der Waals surface area contributed by atoms with E-state index in [1.807, 2.05) is 0 Å². The lowest BCUT2D eigenvalue weighted by atomic mass is 10.1. The molecule has 0 aliphatic rings. The molecule has 150 valence electrons. The molecule has 4 rings (SSSR count). The highest BCUT2D eigenvalue weighted by Gasteiger charge is 2.15. The van der Waals surface area contributed by atoms with Crippen LogP contribution >= 0.6 is 0 Å². The molecule has 4 heterocycles. The molecule has 29 heavy (non-hydrogen) atoms. The summed E-state index contributed by atoms with van der Waals surface area (Å²) in [6.45, 7) is 2.06. The second kappa shape index (κ2) is 7.44. The van der Waals surface area contributed by atoms with E-state index in [1.54, 1.807) is 66.1 Å². The van der Waals surface area contributed by atoms with Gasteiger partial charge in [-0.1, -0.05) is 0 Å². The van der Waals surface area contributed by atoms with Gasteiger partial charge in [-0.2, -0.15) is 5.10 Å². The summed E-state index contributed by atoms with van der Waals surface area (Å²) in [5.74, 6) is 1.49. The lowest BCUT2D eigenvalue weighted by Gasteiger charge is -2.08. The van der Waals surface area contributed by atoms with Crippen LogP contribution in [-0.4, -0.2) is 54.9 Å². The first-order chi connectivity index (χ1) is 14.0. The molecule has 0 saturated carbocycles. The van der Waals surface area contributed by atoms with Crippen LogP contribution in [0.15, 0.2) is 42.9 Å². The van der Waals surface area contributed by atoms with Crippen LogP contribution in [0.3, 0.4) is 0 Å². The first-order valence-corrected chi connectivity index (χ1v) is 9.01. The van der Waals surface area contributed by atoms with E-state index in [2.05, 4.69) is 15.1 Å². The van der Waals surface area contributed by atoms with Gasteiger partial charge in [-0.15, -0.1) is 0 Å². The summed E-state index contributed by atoms with van der Waals surface area (Å²) >= 11 is 0. The van der Waals surface area contributed by atoms with Gasteiger partial charge in [-0.3, -0.25) is 9.25 Å². The molecular weight excluding hydrogens is 374 g/mol. The molecule has 9 nitrogen and oxygen atoms in total. The average Bonchev–Trinajstić information content (AvgIpc) is 3.30. The Morgan fingerprint density at radius 2 is 2.00 bits per heavy atom. The van der Waals surface area contributed by atoms with Gasteiger partial charge in [0.2, 0.25) is 5.88 Å². The number of aromatic hydroxyl groups is 1. The molecular formula is C20H21N5O4. The summed E-state index contributed by atoms with van der Waals surface area (Å²) < 4.78 is 13.7. The Kier molecular flexibility index (Phi) is 4.81. The van der Waals surface area contributed by atoms with Crippen molar-refractivity contribution in [2.45, 2.75) is 19.6 Å². The SMILES string of the molecule is COc1cc(-c2ccc3c(O)n(-c4ccn(C[C@@H](C)O)n4)cc3n2)cnc1OC. The maximum absolute atomic E-state index is 10.6. The van der Waals surface area contributed by atoms with E-state index >= 15 is 0 Å². The smallest absolute Gasteiger partial charge is 0.256 e. The predicted octanol–water partition coefficient (Wildman–Crippen LogP) is 2.39. The van der Waals surface area contributed by atoms with Gasteiger partial charge in [0.05, 0.1) is 43.5 Å². The quantitative estimate of drug-likeness (QED) is 0.516. The molecule has 0 fully saturated rings. The van der Waals surface area contributed by atoms with Crippen LogP contribution in [0.1, 0.15) is 6.92 Å². The van der Waals surface area contributed by atoms with Crippen molar-refractivity contribution in [2.24, 2.45) is 0 Å². The Morgan fingerprint density at radius 1 is 1.17 bits per heavy atom. The number of methoxy groups -OCH3 is 2. The van der Waals surface area contributed by atoms with E-state index in [-0.39, 0.29) is 5.88 Å². The number of ether oxygens (including phenoxy) is 2.